The molecule has 1 aliphatic carbocycles. The molecule has 0 radical (unpaired) electrons. The van der Waals surface area contributed by atoms with Crippen molar-refractivity contribution in [2.45, 2.75) is 38.1 Å². The van der Waals surface area contributed by atoms with Gasteiger partial charge >= 0.3 is 0 Å². The summed E-state index contributed by atoms with van der Waals surface area (Å²) in [4.78, 5) is 9.27. The highest BCUT2D eigenvalue weighted by Crippen LogP contribution is 2.20. The number of hydrogen-bond donors (Lipinski definition) is 0. The molecule has 1 heterocycles. The lowest BCUT2D eigenvalue weighted by molar-refractivity contribution is 0.444. The lowest BCUT2D eigenvalue weighted by Crippen LogP contribution is -2.10. The molecule has 1 saturated carbocycles. The molecule has 0 unspecified atom stereocenters. The van der Waals surface area contributed by atoms with E-state index in [-0.39, 0.29) is 0 Å². The molecule has 0 atom stereocenters. The molecule has 3 heteroatoms. The van der Waals surface area contributed by atoms with Gasteiger partial charge in [-0.2, -0.15) is 0 Å². The Labute approximate surface area is 132 Å². The quantitative estimate of drug-likeness (QED) is 0.741. The second-order valence-corrected chi connectivity index (χ2v) is 5.91. The SMILES string of the molecule is Cn1c(C=Nc2ccccc2)ccc1C=NC1CCCCC1. The molecule has 0 aliphatic heterocycles. The normalized spacial score (nSPS) is 16.8. The first-order valence-corrected chi connectivity index (χ1v) is 8.11. The molecular weight excluding hydrogens is 270 g/mol. The summed E-state index contributed by atoms with van der Waals surface area (Å²) in [5.74, 6) is 0. The van der Waals surface area contributed by atoms with E-state index in [1.165, 1.54) is 32.1 Å². The third-order valence-corrected chi connectivity index (χ3v) is 4.29. The summed E-state index contributed by atoms with van der Waals surface area (Å²) in [6, 6.07) is 14.7. The molecule has 0 spiro atoms. The van der Waals surface area contributed by atoms with Crippen LogP contribution in [0.4, 0.5) is 5.69 Å². The number of aliphatic imine (C=N–C) groups is 2. The Morgan fingerprint density at radius 1 is 0.909 bits per heavy atom. The van der Waals surface area contributed by atoms with Crippen LogP contribution in [0.2, 0.25) is 0 Å². The van der Waals surface area contributed by atoms with Crippen molar-refractivity contribution in [3.63, 3.8) is 0 Å². The van der Waals surface area contributed by atoms with Crippen molar-refractivity contribution in [2.24, 2.45) is 17.0 Å². The summed E-state index contributed by atoms with van der Waals surface area (Å²) in [7, 11) is 2.06. The summed E-state index contributed by atoms with van der Waals surface area (Å²) >= 11 is 0. The van der Waals surface area contributed by atoms with Gasteiger partial charge in [-0.05, 0) is 37.1 Å². The Kier molecular flexibility index (Phi) is 4.84. The number of para-hydroxylation sites is 1. The molecule has 1 aliphatic rings. The highest BCUT2D eigenvalue weighted by atomic mass is 15.0. The smallest absolute Gasteiger partial charge is 0.0630 e. The molecule has 22 heavy (non-hydrogen) atoms. The fourth-order valence-electron chi connectivity index (χ4n) is 2.87. The van der Waals surface area contributed by atoms with Gasteiger partial charge in [-0.1, -0.05) is 37.5 Å². The second kappa shape index (κ2) is 7.21. The van der Waals surface area contributed by atoms with Gasteiger partial charge in [0.05, 0.1) is 29.3 Å². The van der Waals surface area contributed by atoms with E-state index in [9.17, 15) is 0 Å². The van der Waals surface area contributed by atoms with Crippen LogP contribution in [-0.4, -0.2) is 23.0 Å². The van der Waals surface area contributed by atoms with Crippen LogP contribution >= 0.6 is 0 Å². The standard InChI is InChI=1S/C19H23N3/c1-22-18(14-20-16-8-4-2-5-9-16)12-13-19(22)15-21-17-10-6-3-7-11-17/h2,4-5,8-9,12-15,17H,3,6-7,10-11H2,1H3. The van der Waals surface area contributed by atoms with Gasteiger partial charge in [0.25, 0.3) is 0 Å². The molecule has 3 nitrogen and oxygen atoms in total. The number of aromatic nitrogens is 1. The van der Waals surface area contributed by atoms with Crippen molar-refractivity contribution < 1.29 is 0 Å². The van der Waals surface area contributed by atoms with Gasteiger partial charge in [-0.15, -0.1) is 0 Å². The van der Waals surface area contributed by atoms with Crippen LogP contribution in [0, 0.1) is 0 Å². The van der Waals surface area contributed by atoms with Gasteiger partial charge in [0.15, 0.2) is 0 Å². The highest BCUT2D eigenvalue weighted by molar-refractivity contribution is 5.85. The van der Waals surface area contributed by atoms with Crippen LogP contribution in [0.15, 0.2) is 52.4 Å². The zero-order valence-electron chi connectivity index (χ0n) is 13.2. The van der Waals surface area contributed by atoms with Crippen molar-refractivity contribution in [3.8, 4) is 0 Å². The van der Waals surface area contributed by atoms with Crippen molar-refractivity contribution in [2.75, 3.05) is 0 Å². The van der Waals surface area contributed by atoms with Gasteiger partial charge < -0.3 is 4.57 Å². The van der Waals surface area contributed by atoms with Gasteiger partial charge in [-0.3, -0.25) is 9.98 Å². The predicted molar refractivity (Wildman–Crippen MR) is 93.6 cm³/mol. The Morgan fingerprint density at radius 2 is 1.59 bits per heavy atom. The molecule has 0 bridgehead atoms. The van der Waals surface area contributed by atoms with Gasteiger partial charge in [0, 0.05) is 13.3 Å². The zero-order chi connectivity index (χ0) is 15.2. The van der Waals surface area contributed by atoms with Crippen molar-refractivity contribution >= 4 is 18.1 Å². The topological polar surface area (TPSA) is 29.6 Å². The van der Waals surface area contributed by atoms with E-state index in [4.69, 9.17) is 4.99 Å². The van der Waals surface area contributed by atoms with Crippen molar-refractivity contribution in [1.82, 2.24) is 4.57 Å². The van der Waals surface area contributed by atoms with Gasteiger partial charge in [0.2, 0.25) is 0 Å². The largest absolute Gasteiger partial charge is 0.342 e. The minimum Gasteiger partial charge on any atom is -0.342 e. The number of nitrogens with zero attached hydrogens (tertiary/aromatic N) is 3. The maximum absolute atomic E-state index is 4.76. The second-order valence-electron chi connectivity index (χ2n) is 5.91. The van der Waals surface area contributed by atoms with E-state index in [0.717, 1.165) is 17.1 Å². The fraction of sp³-hybridized carbons (Fsp3) is 0.368. The first kappa shape index (κ1) is 14.8. The molecule has 1 aromatic heterocycles. The summed E-state index contributed by atoms with van der Waals surface area (Å²) in [5, 5.41) is 0. The van der Waals surface area contributed by atoms with Crippen LogP contribution < -0.4 is 0 Å². The maximum atomic E-state index is 4.76. The average Bonchev–Trinajstić information content (AvgIpc) is 2.93. The van der Waals surface area contributed by atoms with Crippen LogP contribution in [0.1, 0.15) is 43.5 Å². The summed E-state index contributed by atoms with van der Waals surface area (Å²) in [6.45, 7) is 0. The number of rotatable bonds is 4. The molecule has 1 fully saturated rings. The van der Waals surface area contributed by atoms with Crippen molar-refractivity contribution in [1.29, 1.82) is 0 Å². The minimum atomic E-state index is 0.519. The third-order valence-electron chi connectivity index (χ3n) is 4.29. The van der Waals surface area contributed by atoms with Crippen LogP contribution in [-0.2, 0) is 7.05 Å². The van der Waals surface area contributed by atoms with E-state index >= 15 is 0 Å². The first-order chi connectivity index (χ1) is 10.8. The van der Waals surface area contributed by atoms with E-state index < -0.39 is 0 Å². The highest BCUT2D eigenvalue weighted by Gasteiger charge is 2.11. The average molecular weight is 293 g/mol. The Morgan fingerprint density at radius 3 is 2.32 bits per heavy atom. The Bertz CT molecular complexity index is 647. The molecule has 114 valence electrons. The van der Waals surface area contributed by atoms with E-state index in [1.54, 1.807) is 0 Å². The Balaban J connectivity index is 1.69. The molecule has 1 aromatic carbocycles. The molecule has 0 saturated heterocycles. The summed E-state index contributed by atoms with van der Waals surface area (Å²) < 4.78 is 2.14. The molecule has 0 N–H and O–H groups in total. The maximum Gasteiger partial charge on any atom is 0.0630 e. The van der Waals surface area contributed by atoms with Crippen LogP contribution in [0.5, 0.6) is 0 Å². The van der Waals surface area contributed by atoms with Gasteiger partial charge in [-0.25, -0.2) is 0 Å². The first-order valence-electron chi connectivity index (χ1n) is 8.11. The lowest BCUT2D eigenvalue weighted by atomic mass is 9.96. The minimum absolute atomic E-state index is 0.519. The molecule has 3 rings (SSSR count). The Hall–Kier alpha value is -2.16. The van der Waals surface area contributed by atoms with Crippen LogP contribution in [0.3, 0.4) is 0 Å². The van der Waals surface area contributed by atoms with E-state index in [2.05, 4.69) is 28.7 Å². The molecule has 0 amide bonds. The third kappa shape index (κ3) is 3.73. The van der Waals surface area contributed by atoms with E-state index in [0.29, 0.717) is 6.04 Å². The lowest BCUT2D eigenvalue weighted by Gasteiger charge is -2.17. The van der Waals surface area contributed by atoms with E-state index in [1.807, 2.05) is 42.8 Å². The number of benzene rings is 1. The summed E-state index contributed by atoms with van der Waals surface area (Å²) in [6.07, 6.45) is 10.4. The molecule has 2 aromatic rings. The van der Waals surface area contributed by atoms with Crippen LogP contribution in [0.25, 0.3) is 0 Å². The molecular formula is C19H23N3. The monoisotopic (exact) mass is 293 g/mol. The fourth-order valence-corrected chi connectivity index (χ4v) is 2.87. The predicted octanol–water partition coefficient (Wildman–Crippen LogP) is 4.53. The number of hydrogen-bond acceptors (Lipinski definition) is 2. The summed E-state index contributed by atoms with van der Waals surface area (Å²) in [5.41, 5.74) is 3.20. The van der Waals surface area contributed by atoms with Gasteiger partial charge in [0.1, 0.15) is 0 Å². The van der Waals surface area contributed by atoms with Crippen molar-refractivity contribution in [3.05, 3.63) is 53.9 Å². The zero-order valence-corrected chi connectivity index (χ0v) is 13.2.